The van der Waals surface area contributed by atoms with Crippen LogP contribution in [0.5, 0.6) is 0 Å². The quantitative estimate of drug-likeness (QED) is 0.147. The molecule has 2 aromatic rings. The molecule has 0 bridgehead atoms. The van der Waals surface area contributed by atoms with Crippen LogP contribution in [-0.2, 0) is 20.8 Å². The lowest BCUT2D eigenvalue weighted by molar-refractivity contribution is -0.382. The van der Waals surface area contributed by atoms with E-state index in [-0.39, 0.29) is 12.0 Å². The van der Waals surface area contributed by atoms with Crippen molar-refractivity contribution in [1.82, 2.24) is 0 Å². The number of nitrogens with zero attached hydrogens (tertiary/aromatic N) is 1. The third kappa shape index (κ3) is 4.85. The van der Waals surface area contributed by atoms with Gasteiger partial charge in [-0.1, -0.05) is 41.6 Å². The Bertz CT molecular complexity index is 1420. The number of hydrogen-bond acceptors (Lipinski definition) is 4. The number of fused-ring (bicyclic) bond motifs is 3. The van der Waals surface area contributed by atoms with Crippen molar-refractivity contribution in [2.24, 2.45) is 5.16 Å². The molecule has 0 aromatic heterocycles. The van der Waals surface area contributed by atoms with Crippen molar-refractivity contribution in [3.63, 3.8) is 0 Å². The first-order valence-corrected chi connectivity index (χ1v) is 11.6. The Hall–Kier alpha value is -3.12. The third-order valence-corrected chi connectivity index (χ3v) is 6.78. The summed E-state index contributed by atoms with van der Waals surface area (Å²) in [6.07, 6.45) is -16.7. The maximum absolute atomic E-state index is 14.6. The Morgan fingerprint density at radius 2 is 1.32 bits per heavy atom. The highest BCUT2D eigenvalue weighted by atomic mass is 32.2. The van der Waals surface area contributed by atoms with Crippen molar-refractivity contribution in [2.45, 2.75) is 48.2 Å². The average Bonchev–Trinajstić information content (AvgIpc) is 3.20. The fourth-order valence-electron chi connectivity index (χ4n) is 3.50. The molecule has 1 unspecified atom stereocenters. The van der Waals surface area contributed by atoms with Gasteiger partial charge in [0.1, 0.15) is 5.71 Å². The second kappa shape index (κ2) is 9.76. The SMILES string of the molecule is O=S(=O)(ON=C(c1ccc2c(c1)Cc1ccccc1-2)C(F)C(F)(F)C(F)F)C(F)(F)C(F)(F)C(F)(F)C(F)(F)F. The molecule has 0 aliphatic heterocycles. The summed E-state index contributed by atoms with van der Waals surface area (Å²) in [5, 5.41) is -5.45. The van der Waals surface area contributed by atoms with Gasteiger partial charge in [0.15, 0.2) is 0 Å². The zero-order valence-electron chi connectivity index (χ0n) is 18.8. The van der Waals surface area contributed by atoms with E-state index >= 15 is 0 Å². The standard InChI is InChI=1S/C21H11F14NO3S/c22-15(17(25,26)16(23)24)14(10-5-6-13-11(8-10)7-9-3-1-2-4-12(9)13)36-39-40(37,38)21(34,35)19(29,30)18(27,28)20(31,32)33/h1-6,8,15-16H,7H2. The Labute approximate surface area is 214 Å². The number of rotatable bonds is 9. The predicted molar refractivity (Wildman–Crippen MR) is 108 cm³/mol. The zero-order chi connectivity index (χ0) is 30.7. The normalized spacial score (nSPS) is 16.1. The van der Waals surface area contributed by atoms with E-state index in [1.807, 2.05) is 5.16 Å². The number of halogens is 14. The molecule has 222 valence electrons. The van der Waals surface area contributed by atoms with Crippen LogP contribution < -0.4 is 0 Å². The fraction of sp³-hybridized carbons (Fsp3) is 0.381. The highest BCUT2D eigenvalue weighted by Crippen LogP contribution is 2.55. The van der Waals surface area contributed by atoms with Gasteiger partial charge in [-0.3, -0.25) is 4.28 Å². The molecule has 4 nitrogen and oxygen atoms in total. The van der Waals surface area contributed by atoms with Crippen molar-refractivity contribution < 1.29 is 74.2 Å². The second-order valence-corrected chi connectivity index (χ2v) is 9.78. The number of hydrogen-bond donors (Lipinski definition) is 0. The topological polar surface area (TPSA) is 55.7 Å². The van der Waals surface area contributed by atoms with E-state index in [0.717, 1.165) is 12.1 Å². The summed E-state index contributed by atoms with van der Waals surface area (Å²) in [6.45, 7) is 0. The molecule has 0 heterocycles. The van der Waals surface area contributed by atoms with E-state index in [0.29, 0.717) is 22.8 Å². The van der Waals surface area contributed by atoms with Crippen molar-refractivity contribution in [2.75, 3.05) is 0 Å². The van der Waals surface area contributed by atoms with Gasteiger partial charge in [-0.05, 0) is 34.7 Å². The number of benzene rings is 2. The lowest BCUT2D eigenvalue weighted by atomic mass is 9.97. The Morgan fingerprint density at radius 3 is 1.88 bits per heavy atom. The van der Waals surface area contributed by atoms with Gasteiger partial charge in [-0.25, -0.2) is 13.2 Å². The molecule has 3 rings (SSSR count). The van der Waals surface area contributed by atoms with Crippen LogP contribution >= 0.6 is 0 Å². The Morgan fingerprint density at radius 1 is 0.775 bits per heavy atom. The largest absolute Gasteiger partial charge is 0.460 e. The van der Waals surface area contributed by atoms with Crippen LogP contribution in [0.3, 0.4) is 0 Å². The van der Waals surface area contributed by atoms with E-state index in [2.05, 4.69) is 4.28 Å². The summed E-state index contributed by atoms with van der Waals surface area (Å²) in [6, 6.07) is 8.77. The Kier molecular flexibility index (Phi) is 7.66. The molecular formula is C21H11F14NO3S. The van der Waals surface area contributed by atoms with Gasteiger partial charge in [0.2, 0.25) is 6.17 Å². The second-order valence-electron chi connectivity index (χ2n) is 8.21. The van der Waals surface area contributed by atoms with Crippen molar-refractivity contribution >= 4 is 15.8 Å². The molecule has 0 N–H and O–H groups in total. The molecule has 0 radical (unpaired) electrons. The monoisotopic (exact) mass is 623 g/mol. The molecule has 40 heavy (non-hydrogen) atoms. The van der Waals surface area contributed by atoms with Crippen LogP contribution in [0, 0.1) is 0 Å². The first-order chi connectivity index (χ1) is 18.0. The maximum atomic E-state index is 14.6. The first-order valence-electron chi connectivity index (χ1n) is 10.2. The molecular weight excluding hydrogens is 612 g/mol. The molecule has 19 heteroatoms. The van der Waals surface area contributed by atoms with Crippen LogP contribution in [0.4, 0.5) is 61.5 Å². The van der Waals surface area contributed by atoms with Crippen molar-refractivity contribution in [1.29, 1.82) is 0 Å². The molecule has 1 atom stereocenters. The van der Waals surface area contributed by atoms with Crippen LogP contribution in [0.2, 0.25) is 0 Å². The minimum Gasteiger partial charge on any atom is -0.263 e. The molecule has 0 amide bonds. The molecule has 0 fully saturated rings. The van der Waals surface area contributed by atoms with E-state index in [4.69, 9.17) is 0 Å². The van der Waals surface area contributed by atoms with Gasteiger partial charge in [-0.15, -0.1) is 0 Å². The summed E-state index contributed by atoms with van der Waals surface area (Å²) < 4.78 is 212. The lowest BCUT2D eigenvalue weighted by Gasteiger charge is -2.32. The van der Waals surface area contributed by atoms with Gasteiger partial charge in [0.05, 0.1) is 0 Å². The van der Waals surface area contributed by atoms with Gasteiger partial charge in [0, 0.05) is 5.56 Å². The van der Waals surface area contributed by atoms with Crippen LogP contribution in [0.25, 0.3) is 11.1 Å². The van der Waals surface area contributed by atoms with E-state index in [1.165, 1.54) is 0 Å². The predicted octanol–water partition coefficient (Wildman–Crippen LogP) is 6.97. The minimum absolute atomic E-state index is 0.00913. The third-order valence-electron chi connectivity index (χ3n) is 5.62. The van der Waals surface area contributed by atoms with Crippen molar-refractivity contribution in [3.8, 4) is 11.1 Å². The van der Waals surface area contributed by atoms with Crippen molar-refractivity contribution in [3.05, 3.63) is 59.2 Å². The van der Waals surface area contributed by atoms with E-state index in [1.54, 1.807) is 24.3 Å². The summed E-state index contributed by atoms with van der Waals surface area (Å²) in [5.74, 6) is -21.2. The lowest BCUT2D eigenvalue weighted by Crippen LogP contribution is -2.63. The average molecular weight is 623 g/mol. The smallest absolute Gasteiger partial charge is 0.263 e. The molecule has 1 aliphatic rings. The highest BCUT2D eigenvalue weighted by molar-refractivity contribution is 7.87. The summed E-state index contributed by atoms with van der Waals surface area (Å²) in [5.41, 5.74) is -1.58. The van der Waals surface area contributed by atoms with Crippen LogP contribution in [0.1, 0.15) is 16.7 Å². The summed E-state index contributed by atoms with van der Waals surface area (Å²) in [7, 11) is -7.77. The van der Waals surface area contributed by atoms with E-state index < -0.39 is 63.2 Å². The van der Waals surface area contributed by atoms with Gasteiger partial charge >= 0.3 is 45.7 Å². The first kappa shape index (κ1) is 31.4. The van der Waals surface area contributed by atoms with Gasteiger partial charge < -0.3 is 0 Å². The molecule has 2 aromatic carbocycles. The van der Waals surface area contributed by atoms with E-state index in [9.17, 15) is 69.9 Å². The van der Waals surface area contributed by atoms with Gasteiger partial charge in [0.25, 0.3) is 0 Å². The molecule has 0 saturated carbocycles. The van der Waals surface area contributed by atoms with Crippen LogP contribution in [0.15, 0.2) is 47.6 Å². The van der Waals surface area contributed by atoms with Gasteiger partial charge in [-0.2, -0.15) is 56.7 Å². The fourth-order valence-corrected chi connectivity index (χ4v) is 4.21. The zero-order valence-corrected chi connectivity index (χ0v) is 19.6. The highest BCUT2D eigenvalue weighted by Gasteiger charge is 2.86. The van der Waals surface area contributed by atoms with Crippen LogP contribution in [-0.4, -0.2) is 55.9 Å². The summed E-state index contributed by atoms with van der Waals surface area (Å²) in [4.78, 5) is 0. The molecule has 0 spiro atoms. The molecule has 0 saturated heterocycles. The summed E-state index contributed by atoms with van der Waals surface area (Å²) >= 11 is 0. The maximum Gasteiger partial charge on any atom is 0.460 e. The molecule has 1 aliphatic carbocycles. The Balaban J connectivity index is 2.11. The minimum atomic E-state index is -7.78. The number of alkyl halides is 14. The number of oxime groups is 1.